The van der Waals surface area contributed by atoms with Crippen LogP contribution in [0.25, 0.3) is 11.4 Å². The molecule has 0 aliphatic rings. The summed E-state index contributed by atoms with van der Waals surface area (Å²) in [6, 6.07) is 6.74. The summed E-state index contributed by atoms with van der Waals surface area (Å²) in [5.74, 6) is 0.448. The summed E-state index contributed by atoms with van der Waals surface area (Å²) in [7, 11) is 0. The number of nitrogens with one attached hydrogen (secondary N) is 2. The molecule has 0 radical (unpaired) electrons. The number of phenols is 1. The molecule has 2 aromatic rings. The lowest BCUT2D eigenvalue weighted by atomic mass is 10.2. The van der Waals surface area contributed by atoms with Gasteiger partial charge in [-0.3, -0.25) is 15.2 Å². The molecule has 2 rings (SSSR count). The van der Waals surface area contributed by atoms with E-state index in [0.29, 0.717) is 11.4 Å². The highest BCUT2D eigenvalue weighted by molar-refractivity contribution is 5.86. The number of H-pyrrole nitrogens is 1. The first-order valence-corrected chi connectivity index (χ1v) is 4.65. The standard InChI is InChI=1S/C10H10N4O2/c1-6(15)11-10-12-9(13-14-10)7-4-2-3-5-8(7)16/h2-5,16H,1H3,(H2,11,12,13,14,15). The molecule has 0 saturated heterocycles. The fourth-order valence-electron chi connectivity index (χ4n) is 1.27. The third-order valence-electron chi connectivity index (χ3n) is 1.93. The lowest BCUT2D eigenvalue weighted by Gasteiger charge is -1.98. The van der Waals surface area contributed by atoms with E-state index in [-0.39, 0.29) is 17.6 Å². The molecule has 0 saturated carbocycles. The number of nitrogens with zero attached hydrogens (tertiary/aromatic N) is 2. The van der Waals surface area contributed by atoms with Crippen molar-refractivity contribution in [1.29, 1.82) is 0 Å². The lowest BCUT2D eigenvalue weighted by molar-refractivity contribution is -0.114. The minimum atomic E-state index is -0.247. The zero-order chi connectivity index (χ0) is 11.5. The Kier molecular flexibility index (Phi) is 2.55. The summed E-state index contributed by atoms with van der Waals surface area (Å²) in [5.41, 5.74) is 0.534. The first-order chi connectivity index (χ1) is 7.66. The van der Waals surface area contributed by atoms with Crippen molar-refractivity contribution in [3.8, 4) is 17.1 Å². The molecule has 1 heterocycles. The molecule has 6 heteroatoms. The fourth-order valence-corrected chi connectivity index (χ4v) is 1.27. The maximum absolute atomic E-state index is 10.8. The summed E-state index contributed by atoms with van der Waals surface area (Å²) in [4.78, 5) is 14.8. The zero-order valence-electron chi connectivity index (χ0n) is 8.56. The van der Waals surface area contributed by atoms with E-state index in [4.69, 9.17) is 0 Å². The summed E-state index contributed by atoms with van der Waals surface area (Å²) < 4.78 is 0. The van der Waals surface area contributed by atoms with Crippen LogP contribution < -0.4 is 5.32 Å². The van der Waals surface area contributed by atoms with E-state index in [1.165, 1.54) is 6.92 Å². The van der Waals surface area contributed by atoms with Crippen LogP contribution in [0.1, 0.15) is 6.92 Å². The summed E-state index contributed by atoms with van der Waals surface area (Å²) in [6.45, 7) is 1.37. The molecule has 6 nitrogen and oxygen atoms in total. The molecule has 3 N–H and O–H groups in total. The number of aromatic nitrogens is 3. The molecule has 1 aromatic heterocycles. The van der Waals surface area contributed by atoms with Crippen LogP contribution in [0.2, 0.25) is 0 Å². The Morgan fingerprint density at radius 3 is 2.88 bits per heavy atom. The van der Waals surface area contributed by atoms with Crippen molar-refractivity contribution in [1.82, 2.24) is 15.2 Å². The third kappa shape index (κ3) is 2.00. The predicted molar refractivity (Wildman–Crippen MR) is 57.8 cm³/mol. The largest absolute Gasteiger partial charge is 0.507 e. The average molecular weight is 218 g/mol. The second-order valence-corrected chi connectivity index (χ2v) is 3.21. The van der Waals surface area contributed by atoms with Crippen LogP contribution in [0, 0.1) is 0 Å². The average Bonchev–Trinajstić information content (AvgIpc) is 2.66. The topological polar surface area (TPSA) is 90.9 Å². The van der Waals surface area contributed by atoms with Gasteiger partial charge in [-0.15, -0.1) is 5.10 Å². The number of rotatable bonds is 2. The Hall–Kier alpha value is -2.37. The number of hydrogen-bond acceptors (Lipinski definition) is 4. The first-order valence-electron chi connectivity index (χ1n) is 4.65. The molecule has 0 atom stereocenters. The maximum atomic E-state index is 10.8. The highest BCUT2D eigenvalue weighted by atomic mass is 16.3. The van der Waals surface area contributed by atoms with Crippen LogP contribution in [0.15, 0.2) is 24.3 Å². The molecule has 0 aliphatic heterocycles. The highest BCUT2D eigenvalue weighted by Gasteiger charge is 2.09. The van der Waals surface area contributed by atoms with Crippen LogP contribution in [0.4, 0.5) is 5.95 Å². The van der Waals surface area contributed by atoms with Crippen molar-refractivity contribution < 1.29 is 9.90 Å². The molecule has 16 heavy (non-hydrogen) atoms. The Morgan fingerprint density at radius 1 is 1.44 bits per heavy atom. The minimum absolute atomic E-state index is 0.105. The first kappa shape index (κ1) is 10.2. The predicted octanol–water partition coefficient (Wildman–Crippen LogP) is 1.14. The van der Waals surface area contributed by atoms with Gasteiger partial charge < -0.3 is 5.11 Å². The second kappa shape index (κ2) is 4.01. The van der Waals surface area contributed by atoms with Crippen molar-refractivity contribution in [3.05, 3.63) is 24.3 Å². The van der Waals surface area contributed by atoms with Gasteiger partial charge in [0, 0.05) is 6.92 Å². The summed E-state index contributed by atoms with van der Waals surface area (Å²) >= 11 is 0. The fraction of sp³-hybridized carbons (Fsp3) is 0.100. The number of anilines is 1. The van der Waals surface area contributed by atoms with Crippen molar-refractivity contribution in [2.45, 2.75) is 6.92 Å². The van der Waals surface area contributed by atoms with E-state index in [1.54, 1.807) is 24.3 Å². The van der Waals surface area contributed by atoms with E-state index >= 15 is 0 Å². The number of hydrogen-bond donors (Lipinski definition) is 3. The van der Waals surface area contributed by atoms with Gasteiger partial charge in [-0.25, -0.2) is 0 Å². The molecule has 0 unspecified atom stereocenters. The maximum Gasteiger partial charge on any atom is 0.249 e. The van der Waals surface area contributed by atoms with Gasteiger partial charge in [0.15, 0.2) is 5.82 Å². The van der Waals surface area contributed by atoms with E-state index in [0.717, 1.165) is 0 Å². The number of aromatic amines is 1. The van der Waals surface area contributed by atoms with Crippen molar-refractivity contribution >= 4 is 11.9 Å². The molecule has 0 spiro atoms. The van der Waals surface area contributed by atoms with Gasteiger partial charge in [0.1, 0.15) is 5.75 Å². The normalized spacial score (nSPS) is 10.1. The Morgan fingerprint density at radius 2 is 2.19 bits per heavy atom. The van der Waals surface area contributed by atoms with Gasteiger partial charge in [0.05, 0.1) is 5.56 Å². The quantitative estimate of drug-likeness (QED) is 0.704. The van der Waals surface area contributed by atoms with Crippen molar-refractivity contribution in [2.24, 2.45) is 0 Å². The highest BCUT2D eigenvalue weighted by Crippen LogP contribution is 2.25. The van der Waals surface area contributed by atoms with Crippen LogP contribution >= 0.6 is 0 Å². The number of para-hydroxylation sites is 1. The van der Waals surface area contributed by atoms with Crippen LogP contribution in [-0.2, 0) is 4.79 Å². The zero-order valence-corrected chi connectivity index (χ0v) is 8.56. The van der Waals surface area contributed by atoms with E-state index in [1.807, 2.05) is 0 Å². The Labute approximate surface area is 91.3 Å². The second-order valence-electron chi connectivity index (χ2n) is 3.21. The summed E-state index contributed by atoms with van der Waals surface area (Å²) in [5, 5.41) is 18.4. The number of phenolic OH excluding ortho intramolecular Hbond substituents is 1. The SMILES string of the molecule is CC(=O)Nc1n[nH]c(-c2ccccc2O)n1. The van der Waals surface area contributed by atoms with Gasteiger partial charge in [0.2, 0.25) is 11.9 Å². The third-order valence-corrected chi connectivity index (χ3v) is 1.93. The monoisotopic (exact) mass is 218 g/mol. The van der Waals surface area contributed by atoms with Crippen molar-refractivity contribution in [3.63, 3.8) is 0 Å². The molecule has 82 valence electrons. The van der Waals surface area contributed by atoms with E-state index in [2.05, 4.69) is 20.5 Å². The molecule has 0 aliphatic carbocycles. The van der Waals surface area contributed by atoms with Gasteiger partial charge in [-0.2, -0.15) is 4.98 Å². The van der Waals surface area contributed by atoms with Gasteiger partial charge in [-0.1, -0.05) is 12.1 Å². The van der Waals surface area contributed by atoms with Crippen LogP contribution in [-0.4, -0.2) is 26.2 Å². The van der Waals surface area contributed by atoms with Gasteiger partial charge >= 0.3 is 0 Å². The number of amides is 1. The Bertz CT molecular complexity index is 521. The number of carbonyl (C=O) groups is 1. The number of benzene rings is 1. The molecule has 1 amide bonds. The molecule has 0 bridgehead atoms. The smallest absolute Gasteiger partial charge is 0.249 e. The van der Waals surface area contributed by atoms with Crippen LogP contribution in [0.3, 0.4) is 0 Å². The summed E-state index contributed by atoms with van der Waals surface area (Å²) in [6.07, 6.45) is 0. The number of aromatic hydroxyl groups is 1. The van der Waals surface area contributed by atoms with Gasteiger partial charge in [0.25, 0.3) is 0 Å². The molecular formula is C10H10N4O2. The lowest BCUT2D eigenvalue weighted by Crippen LogP contribution is -2.06. The number of carbonyl (C=O) groups excluding carboxylic acids is 1. The molecular weight excluding hydrogens is 208 g/mol. The van der Waals surface area contributed by atoms with Crippen LogP contribution in [0.5, 0.6) is 5.75 Å². The van der Waals surface area contributed by atoms with Crippen molar-refractivity contribution in [2.75, 3.05) is 5.32 Å². The molecule has 0 fully saturated rings. The molecule has 1 aromatic carbocycles. The minimum Gasteiger partial charge on any atom is -0.507 e. The van der Waals surface area contributed by atoms with E-state index < -0.39 is 0 Å². The van der Waals surface area contributed by atoms with E-state index in [9.17, 15) is 9.90 Å². The Balaban J connectivity index is 2.32. The van der Waals surface area contributed by atoms with Gasteiger partial charge in [-0.05, 0) is 12.1 Å².